The lowest BCUT2D eigenvalue weighted by Gasteiger charge is -2.36. The number of rotatable bonds is 9. The summed E-state index contributed by atoms with van der Waals surface area (Å²) in [6.07, 6.45) is 5.19. The van der Waals surface area contributed by atoms with E-state index in [1.165, 1.54) is 11.8 Å². The third-order valence-corrected chi connectivity index (χ3v) is 6.76. The molecule has 9 heteroatoms. The van der Waals surface area contributed by atoms with Gasteiger partial charge in [0.25, 0.3) is 0 Å². The maximum atomic E-state index is 13.5. The highest BCUT2D eigenvalue weighted by Gasteiger charge is 2.39. The summed E-state index contributed by atoms with van der Waals surface area (Å²) in [6, 6.07) is 8.38. The summed E-state index contributed by atoms with van der Waals surface area (Å²) < 4.78 is 13.5. The van der Waals surface area contributed by atoms with Crippen molar-refractivity contribution in [2.24, 2.45) is 5.41 Å². The number of nitrogens with one attached hydrogen (secondary N) is 3. The van der Waals surface area contributed by atoms with Gasteiger partial charge in [0.2, 0.25) is 17.7 Å². The molecule has 0 bridgehead atoms. The van der Waals surface area contributed by atoms with Gasteiger partial charge in [0.05, 0.1) is 19.2 Å². The second-order valence-electron chi connectivity index (χ2n) is 9.36. The van der Waals surface area contributed by atoms with Gasteiger partial charge < -0.3 is 20.9 Å². The number of hydrogen-bond donors (Lipinski definition) is 3. The average molecular weight is 472 g/mol. The highest BCUT2D eigenvalue weighted by atomic mass is 19.1. The molecule has 2 fully saturated rings. The van der Waals surface area contributed by atoms with E-state index in [9.17, 15) is 18.8 Å². The molecule has 2 unspecified atom stereocenters. The smallest absolute Gasteiger partial charge is 0.237 e. The van der Waals surface area contributed by atoms with E-state index in [4.69, 9.17) is 5.26 Å². The number of alkyl halides is 1. The molecule has 0 aromatic heterocycles. The number of nitriles is 1. The van der Waals surface area contributed by atoms with E-state index >= 15 is 0 Å². The molecule has 2 aliphatic rings. The molecule has 2 atom stereocenters. The van der Waals surface area contributed by atoms with E-state index in [1.807, 2.05) is 6.07 Å². The Morgan fingerprint density at radius 2 is 1.76 bits per heavy atom. The molecule has 34 heavy (non-hydrogen) atoms. The Morgan fingerprint density at radius 1 is 1.12 bits per heavy atom. The van der Waals surface area contributed by atoms with Crippen LogP contribution in [0.25, 0.3) is 0 Å². The third kappa shape index (κ3) is 6.76. The fraction of sp³-hybridized carbons (Fsp3) is 0.600. The van der Waals surface area contributed by atoms with E-state index in [1.54, 1.807) is 24.3 Å². The number of likely N-dealkylation sites (tertiary alicyclic amines) is 1. The third-order valence-electron chi connectivity index (χ3n) is 6.76. The topological polar surface area (TPSA) is 114 Å². The zero-order valence-electron chi connectivity index (χ0n) is 19.7. The Balaban J connectivity index is 1.49. The Kier molecular flexibility index (Phi) is 8.99. The average Bonchev–Trinajstić information content (AvgIpc) is 3.21. The molecule has 1 aliphatic carbocycles. The molecule has 1 aromatic carbocycles. The minimum absolute atomic E-state index is 0.0125. The van der Waals surface area contributed by atoms with Gasteiger partial charge in [-0.15, -0.1) is 0 Å². The fourth-order valence-electron chi connectivity index (χ4n) is 4.95. The minimum atomic E-state index is -1.14. The number of amides is 3. The molecule has 1 saturated carbocycles. The largest absolute Gasteiger partial charge is 0.326 e. The van der Waals surface area contributed by atoms with Crippen LogP contribution in [0.4, 0.5) is 15.8 Å². The van der Waals surface area contributed by atoms with Gasteiger partial charge in [0.15, 0.2) is 0 Å². The van der Waals surface area contributed by atoms with E-state index in [0.29, 0.717) is 24.3 Å². The SMILES string of the molecule is CC(=O)Nc1ccc(NC(=O)C2(CCCNCC(=O)N3CC(F)CC3C#N)CCCCC2)cc1. The van der Waals surface area contributed by atoms with Crippen LogP contribution < -0.4 is 16.0 Å². The molecule has 3 rings (SSSR count). The fourth-order valence-corrected chi connectivity index (χ4v) is 4.95. The lowest BCUT2D eigenvalue weighted by Crippen LogP contribution is -2.41. The molecule has 3 amide bonds. The maximum absolute atomic E-state index is 13.5. The van der Waals surface area contributed by atoms with Crippen LogP contribution in [0.5, 0.6) is 0 Å². The number of carbonyl (C=O) groups excluding carboxylic acids is 3. The van der Waals surface area contributed by atoms with Crippen molar-refractivity contribution in [1.29, 1.82) is 5.26 Å². The number of hydrogen-bond acceptors (Lipinski definition) is 5. The predicted molar refractivity (Wildman–Crippen MR) is 128 cm³/mol. The van der Waals surface area contributed by atoms with Gasteiger partial charge in [0, 0.05) is 30.1 Å². The van der Waals surface area contributed by atoms with Gasteiger partial charge in [-0.25, -0.2) is 4.39 Å². The van der Waals surface area contributed by atoms with Gasteiger partial charge in [-0.1, -0.05) is 19.3 Å². The van der Waals surface area contributed by atoms with E-state index in [2.05, 4.69) is 16.0 Å². The lowest BCUT2D eigenvalue weighted by molar-refractivity contribution is -0.130. The summed E-state index contributed by atoms with van der Waals surface area (Å²) in [5.74, 6) is -0.400. The van der Waals surface area contributed by atoms with Gasteiger partial charge in [-0.3, -0.25) is 14.4 Å². The molecular formula is C25H34FN5O3. The number of anilines is 2. The summed E-state index contributed by atoms with van der Waals surface area (Å²) >= 11 is 0. The molecule has 0 radical (unpaired) electrons. The Hall–Kier alpha value is -2.99. The van der Waals surface area contributed by atoms with Crippen molar-refractivity contribution in [3.8, 4) is 6.07 Å². The van der Waals surface area contributed by atoms with Crippen molar-refractivity contribution >= 4 is 29.1 Å². The summed E-state index contributed by atoms with van der Waals surface area (Å²) in [7, 11) is 0. The van der Waals surface area contributed by atoms with Crippen molar-refractivity contribution in [3.05, 3.63) is 24.3 Å². The van der Waals surface area contributed by atoms with E-state index in [-0.39, 0.29) is 37.2 Å². The van der Waals surface area contributed by atoms with Crippen LogP contribution in [0, 0.1) is 16.7 Å². The Morgan fingerprint density at radius 3 is 2.38 bits per heavy atom. The van der Waals surface area contributed by atoms with Gasteiger partial charge in [-0.05, 0) is 56.5 Å². The maximum Gasteiger partial charge on any atom is 0.237 e. The highest BCUT2D eigenvalue weighted by molar-refractivity contribution is 5.96. The summed E-state index contributed by atoms with van der Waals surface area (Å²) in [4.78, 5) is 38.1. The first-order valence-corrected chi connectivity index (χ1v) is 12.1. The second-order valence-corrected chi connectivity index (χ2v) is 9.36. The molecule has 184 valence electrons. The normalized spacial score (nSPS) is 21.5. The van der Waals surface area contributed by atoms with Crippen LogP contribution in [0.15, 0.2) is 24.3 Å². The van der Waals surface area contributed by atoms with Crippen molar-refractivity contribution in [2.75, 3.05) is 30.3 Å². The molecule has 1 aromatic rings. The standard InChI is InChI=1S/C25H34FN5O3/c1-18(32)29-20-6-8-21(9-7-20)30-24(34)25(10-3-2-4-11-25)12-5-13-28-16-23(33)31-17-19(26)14-22(31)15-27/h6-9,19,22,28H,2-5,10-14,16-17H2,1H3,(H,29,32)(H,30,34). The number of benzene rings is 1. The van der Waals surface area contributed by atoms with Crippen LogP contribution in [0.2, 0.25) is 0 Å². The number of halogens is 1. The predicted octanol–water partition coefficient (Wildman–Crippen LogP) is 3.37. The quantitative estimate of drug-likeness (QED) is 0.478. The first-order valence-electron chi connectivity index (χ1n) is 12.1. The van der Waals surface area contributed by atoms with Crippen LogP contribution in [-0.2, 0) is 14.4 Å². The van der Waals surface area contributed by atoms with Crippen LogP contribution >= 0.6 is 0 Å². The molecule has 3 N–H and O–H groups in total. The van der Waals surface area contributed by atoms with Gasteiger partial charge in [0.1, 0.15) is 12.2 Å². The Bertz CT molecular complexity index is 908. The van der Waals surface area contributed by atoms with Gasteiger partial charge in [-0.2, -0.15) is 5.26 Å². The number of nitrogens with zero attached hydrogens (tertiary/aromatic N) is 2. The first kappa shape index (κ1) is 25.6. The molecule has 1 heterocycles. The number of carbonyl (C=O) groups is 3. The summed E-state index contributed by atoms with van der Waals surface area (Å²) in [6.45, 7) is 2.05. The minimum Gasteiger partial charge on any atom is -0.326 e. The first-order chi connectivity index (χ1) is 16.3. The van der Waals surface area contributed by atoms with Crippen molar-refractivity contribution < 1.29 is 18.8 Å². The summed E-state index contributed by atoms with van der Waals surface area (Å²) in [5, 5.41) is 18.0. The molecule has 0 spiro atoms. The molecular weight excluding hydrogens is 437 g/mol. The second kappa shape index (κ2) is 11.9. The van der Waals surface area contributed by atoms with Crippen molar-refractivity contribution in [1.82, 2.24) is 10.2 Å². The molecule has 1 saturated heterocycles. The molecule has 8 nitrogen and oxygen atoms in total. The zero-order chi connectivity index (χ0) is 24.6. The van der Waals surface area contributed by atoms with E-state index in [0.717, 1.165) is 38.5 Å². The van der Waals surface area contributed by atoms with Crippen LogP contribution in [-0.4, -0.2) is 54.5 Å². The van der Waals surface area contributed by atoms with Crippen LogP contribution in [0.1, 0.15) is 58.3 Å². The lowest BCUT2D eigenvalue weighted by atomic mass is 9.70. The monoisotopic (exact) mass is 471 g/mol. The zero-order valence-corrected chi connectivity index (χ0v) is 19.7. The highest BCUT2D eigenvalue weighted by Crippen LogP contribution is 2.41. The van der Waals surface area contributed by atoms with Crippen LogP contribution in [0.3, 0.4) is 0 Å². The van der Waals surface area contributed by atoms with Crippen molar-refractivity contribution in [2.45, 2.75) is 70.5 Å². The summed E-state index contributed by atoms with van der Waals surface area (Å²) in [5.41, 5.74) is 0.926. The van der Waals surface area contributed by atoms with Crippen molar-refractivity contribution in [3.63, 3.8) is 0 Å². The van der Waals surface area contributed by atoms with E-state index < -0.39 is 17.6 Å². The molecule has 1 aliphatic heterocycles. The van der Waals surface area contributed by atoms with Gasteiger partial charge >= 0.3 is 0 Å². The Labute approximate surface area is 200 Å².